The van der Waals surface area contributed by atoms with E-state index in [1.165, 1.54) is 0 Å². The van der Waals surface area contributed by atoms with Gasteiger partial charge in [0.2, 0.25) is 5.91 Å². The molecule has 0 spiro atoms. The van der Waals surface area contributed by atoms with Crippen molar-refractivity contribution in [3.63, 3.8) is 0 Å². The Morgan fingerprint density at radius 1 is 1.32 bits per heavy atom. The van der Waals surface area contributed by atoms with Gasteiger partial charge in [-0.15, -0.1) is 0 Å². The van der Waals surface area contributed by atoms with Gasteiger partial charge >= 0.3 is 5.97 Å². The molecule has 1 heterocycles. The van der Waals surface area contributed by atoms with E-state index in [0.29, 0.717) is 32.0 Å². The average Bonchev–Trinajstić information content (AvgIpc) is 2.95. The molecule has 1 aromatic heterocycles. The minimum absolute atomic E-state index is 0.102. The Morgan fingerprint density at radius 3 is 2.68 bits per heavy atom. The fourth-order valence-electron chi connectivity index (χ4n) is 2.16. The topological polar surface area (TPSA) is 64.4 Å². The number of ether oxygens (including phenoxy) is 1. The van der Waals surface area contributed by atoms with Crippen LogP contribution in [0.3, 0.4) is 0 Å². The number of rotatable bonds is 10. The Morgan fingerprint density at radius 2 is 2.09 bits per heavy atom. The van der Waals surface area contributed by atoms with E-state index in [1.807, 2.05) is 24.6 Å². The smallest absolute Gasteiger partial charge is 0.307 e. The van der Waals surface area contributed by atoms with Crippen molar-refractivity contribution >= 4 is 11.9 Å². The first-order valence-electron chi connectivity index (χ1n) is 7.92. The molecule has 0 bridgehead atoms. The maximum Gasteiger partial charge on any atom is 0.307 e. The number of aromatic nitrogens is 2. The summed E-state index contributed by atoms with van der Waals surface area (Å²) in [6.07, 6.45) is 7.00. The molecule has 1 aromatic rings. The third-order valence-corrected chi connectivity index (χ3v) is 3.23. The van der Waals surface area contributed by atoms with Gasteiger partial charge in [-0.3, -0.25) is 9.59 Å². The second kappa shape index (κ2) is 9.97. The minimum atomic E-state index is -0.251. The summed E-state index contributed by atoms with van der Waals surface area (Å²) in [5.41, 5.74) is 0. The molecule has 0 aliphatic heterocycles. The second-order valence-electron chi connectivity index (χ2n) is 5.69. The summed E-state index contributed by atoms with van der Waals surface area (Å²) in [5.74, 6) is 0.163. The number of hydrogen-bond donors (Lipinski definition) is 0. The first kappa shape index (κ1) is 18.2. The van der Waals surface area contributed by atoms with E-state index < -0.39 is 0 Å². The lowest BCUT2D eigenvalue weighted by atomic mass is 10.1. The Balaban J connectivity index is 2.45. The molecule has 0 aliphatic carbocycles. The molecule has 0 N–H and O–H groups in total. The largest absolute Gasteiger partial charge is 0.466 e. The molecular weight excluding hydrogens is 282 g/mol. The molecule has 0 fully saturated rings. The van der Waals surface area contributed by atoms with E-state index in [2.05, 4.69) is 4.98 Å². The molecule has 0 aromatic carbocycles. The zero-order valence-corrected chi connectivity index (χ0v) is 13.8. The van der Waals surface area contributed by atoms with Crippen molar-refractivity contribution in [3.8, 4) is 0 Å². The molecule has 0 atom stereocenters. The van der Waals surface area contributed by atoms with Gasteiger partial charge in [0.15, 0.2) is 0 Å². The maximum atomic E-state index is 12.3. The predicted octanol–water partition coefficient (Wildman–Crippen LogP) is 2.10. The van der Waals surface area contributed by atoms with Gasteiger partial charge in [-0.2, -0.15) is 0 Å². The van der Waals surface area contributed by atoms with Crippen LogP contribution in [-0.4, -0.2) is 46.0 Å². The van der Waals surface area contributed by atoms with Crippen molar-refractivity contribution in [2.45, 2.75) is 46.6 Å². The second-order valence-corrected chi connectivity index (χ2v) is 5.69. The zero-order chi connectivity index (χ0) is 16.4. The maximum absolute atomic E-state index is 12.3. The molecule has 0 aliphatic rings. The van der Waals surface area contributed by atoms with Gasteiger partial charge in [0.1, 0.15) is 0 Å². The number of hydrogen-bond acceptors (Lipinski definition) is 4. The minimum Gasteiger partial charge on any atom is -0.466 e. The van der Waals surface area contributed by atoms with E-state index in [1.54, 1.807) is 24.3 Å². The molecule has 22 heavy (non-hydrogen) atoms. The van der Waals surface area contributed by atoms with Gasteiger partial charge in [0.05, 0.1) is 19.4 Å². The molecule has 0 saturated heterocycles. The number of carbonyl (C=O) groups excluding carboxylic acids is 2. The molecular formula is C16H27N3O3. The summed E-state index contributed by atoms with van der Waals surface area (Å²) in [5, 5.41) is 0. The van der Waals surface area contributed by atoms with Crippen LogP contribution in [0.25, 0.3) is 0 Å². The van der Waals surface area contributed by atoms with Crippen LogP contribution in [-0.2, 0) is 20.9 Å². The molecule has 6 nitrogen and oxygen atoms in total. The number of imidazole rings is 1. The Hall–Kier alpha value is -1.85. The normalized spacial score (nSPS) is 10.7. The molecule has 1 rings (SSSR count). The van der Waals surface area contributed by atoms with Crippen molar-refractivity contribution in [1.29, 1.82) is 0 Å². The fraction of sp³-hybridized carbons (Fsp3) is 0.688. The van der Waals surface area contributed by atoms with E-state index in [4.69, 9.17) is 4.74 Å². The third-order valence-electron chi connectivity index (χ3n) is 3.23. The van der Waals surface area contributed by atoms with Crippen LogP contribution < -0.4 is 0 Å². The van der Waals surface area contributed by atoms with Crippen molar-refractivity contribution in [2.24, 2.45) is 5.92 Å². The Bertz CT molecular complexity index is 443. The van der Waals surface area contributed by atoms with E-state index in [9.17, 15) is 9.59 Å². The van der Waals surface area contributed by atoms with Crippen molar-refractivity contribution < 1.29 is 14.3 Å². The summed E-state index contributed by atoms with van der Waals surface area (Å²) >= 11 is 0. The fourth-order valence-corrected chi connectivity index (χ4v) is 2.16. The quantitative estimate of drug-likeness (QED) is 0.621. The molecule has 124 valence electrons. The predicted molar refractivity (Wildman–Crippen MR) is 84.1 cm³/mol. The van der Waals surface area contributed by atoms with Crippen LogP contribution in [0.1, 0.15) is 40.0 Å². The number of carbonyl (C=O) groups is 2. The molecule has 0 radical (unpaired) electrons. The summed E-state index contributed by atoms with van der Waals surface area (Å²) in [6.45, 7) is 8.08. The van der Waals surface area contributed by atoms with Crippen LogP contribution in [0.4, 0.5) is 0 Å². The number of nitrogens with zero attached hydrogens (tertiary/aromatic N) is 3. The molecule has 6 heteroatoms. The van der Waals surface area contributed by atoms with E-state index in [0.717, 1.165) is 13.0 Å². The van der Waals surface area contributed by atoms with Gasteiger partial charge in [-0.1, -0.05) is 13.8 Å². The van der Waals surface area contributed by atoms with Crippen LogP contribution in [0, 0.1) is 5.92 Å². The lowest BCUT2D eigenvalue weighted by Crippen LogP contribution is -2.35. The van der Waals surface area contributed by atoms with E-state index >= 15 is 0 Å². The van der Waals surface area contributed by atoms with Crippen LogP contribution in [0.15, 0.2) is 18.7 Å². The van der Waals surface area contributed by atoms with Crippen molar-refractivity contribution in [2.75, 3.05) is 19.7 Å². The average molecular weight is 309 g/mol. The SMILES string of the molecule is CCOC(=O)CCN(CCCn1ccnc1)C(=O)CC(C)C. The first-order valence-corrected chi connectivity index (χ1v) is 7.92. The van der Waals surface area contributed by atoms with Gasteiger partial charge in [0, 0.05) is 38.4 Å². The van der Waals surface area contributed by atoms with Gasteiger partial charge in [-0.05, 0) is 19.3 Å². The third kappa shape index (κ3) is 7.24. The summed E-state index contributed by atoms with van der Waals surface area (Å²) in [4.78, 5) is 29.5. The Kier molecular flexibility index (Phi) is 8.25. The van der Waals surface area contributed by atoms with Gasteiger partial charge in [-0.25, -0.2) is 4.98 Å². The Labute approximate surface area is 132 Å². The summed E-state index contributed by atoms with van der Waals surface area (Å²) in [6, 6.07) is 0. The molecule has 0 saturated carbocycles. The standard InChI is InChI=1S/C16H27N3O3/c1-4-22-16(21)6-10-19(15(20)12-14(2)3)9-5-8-18-11-7-17-13-18/h7,11,13-14H,4-6,8-10,12H2,1-3H3. The first-order chi connectivity index (χ1) is 10.5. The highest BCUT2D eigenvalue weighted by atomic mass is 16.5. The highest BCUT2D eigenvalue weighted by molar-refractivity contribution is 5.77. The zero-order valence-electron chi connectivity index (χ0n) is 13.8. The number of esters is 1. The lowest BCUT2D eigenvalue weighted by molar-refractivity contribution is -0.144. The number of amides is 1. The van der Waals surface area contributed by atoms with Gasteiger partial charge < -0.3 is 14.2 Å². The highest BCUT2D eigenvalue weighted by Gasteiger charge is 2.16. The highest BCUT2D eigenvalue weighted by Crippen LogP contribution is 2.07. The molecule has 0 unspecified atom stereocenters. The summed E-state index contributed by atoms with van der Waals surface area (Å²) in [7, 11) is 0. The van der Waals surface area contributed by atoms with Crippen LogP contribution in [0.2, 0.25) is 0 Å². The lowest BCUT2D eigenvalue weighted by Gasteiger charge is -2.23. The van der Waals surface area contributed by atoms with Crippen molar-refractivity contribution in [3.05, 3.63) is 18.7 Å². The molecule has 1 amide bonds. The van der Waals surface area contributed by atoms with Crippen LogP contribution in [0.5, 0.6) is 0 Å². The summed E-state index contributed by atoms with van der Waals surface area (Å²) < 4.78 is 6.91. The van der Waals surface area contributed by atoms with Crippen LogP contribution >= 0.6 is 0 Å². The van der Waals surface area contributed by atoms with E-state index in [-0.39, 0.29) is 18.3 Å². The monoisotopic (exact) mass is 309 g/mol. The van der Waals surface area contributed by atoms with Crippen molar-refractivity contribution in [1.82, 2.24) is 14.5 Å². The van der Waals surface area contributed by atoms with Gasteiger partial charge in [0.25, 0.3) is 0 Å². The number of aryl methyl sites for hydroxylation is 1.